The summed E-state index contributed by atoms with van der Waals surface area (Å²) in [5, 5.41) is 20.1. The second-order valence-corrected chi connectivity index (χ2v) is 5.75. The number of hydrogen-bond donors (Lipinski definition) is 1. The van der Waals surface area contributed by atoms with Gasteiger partial charge in [-0.2, -0.15) is 0 Å². The van der Waals surface area contributed by atoms with E-state index in [-0.39, 0.29) is 0 Å². The Morgan fingerprint density at radius 3 is 2.65 bits per heavy atom. The standard InChI is InChI=1S/C13H19N7/c1-2-4-10(5-3-1)19-9-15-17-13(19)12-8-20(18-16-12)11-6-14-7-11/h8-11,14H,1-7H2. The quantitative estimate of drug-likeness (QED) is 0.909. The summed E-state index contributed by atoms with van der Waals surface area (Å²) in [4.78, 5) is 0. The van der Waals surface area contributed by atoms with Crippen LogP contribution in [0.2, 0.25) is 0 Å². The van der Waals surface area contributed by atoms with Crippen LogP contribution in [-0.2, 0) is 0 Å². The van der Waals surface area contributed by atoms with Gasteiger partial charge in [-0.05, 0) is 12.8 Å². The molecule has 20 heavy (non-hydrogen) atoms. The van der Waals surface area contributed by atoms with Crippen molar-refractivity contribution < 1.29 is 0 Å². The average Bonchev–Trinajstić information content (AvgIpc) is 3.05. The minimum atomic E-state index is 0.433. The molecule has 0 amide bonds. The molecule has 0 radical (unpaired) electrons. The van der Waals surface area contributed by atoms with E-state index >= 15 is 0 Å². The van der Waals surface area contributed by atoms with E-state index in [1.807, 2.05) is 17.2 Å². The molecule has 2 aromatic rings. The molecule has 1 aliphatic heterocycles. The highest BCUT2D eigenvalue weighted by atomic mass is 15.5. The van der Waals surface area contributed by atoms with Gasteiger partial charge >= 0.3 is 0 Å². The molecule has 3 heterocycles. The minimum Gasteiger partial charge on any atom is -0.312 e. The van der Waals surface area contributed by atoms with Crippen LogP contribution in [0.25, 0.3) is 11.5 Å². The van der Waals surface area contributed by atoms with Gasteiger partial charge in [0.25, 0.3) is 0 Å². The highest BCUT2D eigenvalue weighted by molar-refractivity contribution is 5.46. The first-order valence-electron chi connectivity index (χ1n) is 7.44. The molecular weight excluding hydrogens is 254 g/mol. The van der Waals surface area contributed by atoms with E-state index in [1.54, 1.807) is 0 Å². The zero-order chi connectivity index (χ0) is 13.4. The summed E-state index contributed by atoms with van der Waals surface area (Å²) in [7, 11) is 0. The molecule has 1 saturated heterocycles. The van der Waals surface area contributed by atoms with E-state index in [1.165, 1.54) is 32.1 Å². The SMILES string of the molecule is c1c(-c2nncn2C2CCCCC2)nnn1C1CNC1. The predicted molar refractivity (Wildman–Crippen MR) is 73.1 cm³/mol. The van der Waals surface area contributed by atoms with Gasteiger partial charge in [-0.3, -0.25) is 0 Å². The number of nitrogens with zero attached hydrogens (tertiary/aromatic N) is 6. The molecule has 2 fully saturated rings. The van der Waals surface area contributed by atoms with Crippen molar-refractivity contribution in [1.29, 1.82) is 0 Å². The van der Waals surface area contributed by atoms with Crippen LogP contribution in [0.15, 0.2) is 12.5 Å². The fourth-order valence-electron chi connectivity index (χ4n) is 3.07. The molecule has 1 saturated carbocycles. The second kappa shape index (κ2) is 4.97. The Bertz CT molecular complexity index is 577. The molecule has 106 valence electrons. The Balaban J connectivity index is 1.61. The first kappa shape index (κ1) is 12.0. The van der Waals surface area contributed by atoms with Gasteiger partial charge in [0.2, 0.25) is 0 Å². The molecule has 7 nitrogen and oxygen atoms in total. The average molecular weight is 273 g/mol. The topological polar surface area (TPSA) is 73.5 Å². The Morgan fingerprint density at radius 2 is 1.90 bits per heavy atom. The highest BCUT2D eigenvalue weighted by Crippen LogP contribution is 2.30. The molecule has 7 heteroatoms. The third kappa shape index (κ3) is 2.02. The fourth-order valence-corrected chi connectivity index (χ4v) is 3.07. The molecule has 0 unspecified atom stereocenters. The van der Waals surface area contributed by atoms with Crippen molar-refractivity contribution in [2.45, 2.75) is 44.2 Å². The minimum absolute atomic E-state index is 0.433. The molecule has 1 N–H and O–H groups in total. The van der Waals surface area contributed by atoms with Crippen LogP contribution in [-0.4, -0.2) is 42.8 Å². The van der Waals surface area contributed by atoms with Crippen LogP contribution in [0, 0.1) is 0 Å². The maximum atomic E-state index is 4.28. The van der Waals surface area contributed by atoms with Crippen molar-refractivity contribution in [3.8, 4) is 11.5 Å². The molecule has 0 spiro atoms. The molecule has 2 aromatic heterocycles. The van der Waals surface area contributed by atoms with Gasteiger partial charge in [-0.1, -0.05) is 24.5 Å². The number of aromatic nitrogens is 6. The summed E-state index contributed by atoms with van der Waals surface area (Å²) in [6.07, 6.45) is 10.2. The van der Waals surface area contributed by atoms with Crippen LogP contribution in [0.1, 0.15) is 44.2 Å². The molecule has 1 aliphatic carbocycles. The summed E-state index contributed by atoms with van der Waals surface area (Å²) in [5.74, 6) is 0.857. The lowest BCUT2D eigenvalue weighted by Gasteiger charge is -2.26. The summed E-state index contributed by atoms with van der Waals surface area (Å²) in [5.41, 5.74) is 0.833. The Kier molecular flexibility index (Phi) is 2.99. The van der Waals surface area contributed by atoms with E-state index in [0.29, 0.717) is 12.1 Å². The molecule has 0 aromatic carbocycles. The maximum absolute atomic E-state index is 4.28. The smallest absolute Gasteiger partial charge is 0.186 e. The maximum Gasteiger partial charge on any atom is 0.186 e. The highest BCUT2D eigenvalue weighted by Gasteiger charge is 2.23. The lowest BCUT2D eigenvalue weighted by Crippen LogP contribution is -2.43. The first-order valence-corrected chi connectivity index (χ1v) is 7.44. The zero-order valence-corrected chi connectivity index (χ0v) is 11.4. The Hall–Kier alpha value is -1.76. The van der Waals surface area contributed by atoms with Crippen LogP contribution in [0.4, 0.5) is 0 Å². The number of rotatable bonds is 3. The third-order valence-corrected chi connectivity index (χ3v) is 4.41. The number of nitrogens with one attached hydrogen (secondary N) is 1. The normalized spacial score (nSPS) is 21.0. The summed E-state index contributed by atoms with van der Waals surface area (Å²) in [6, 6.07) is 0.951. The molecular formula is C13H19N7. The molecule has 2 aliphatic rings. The van der Waals surface area contributed by atoms with Gasteiger partial charge in [0.1, 0.15) is 6.33 Å². The van der Waals surface area contributed by atoms with E-state index in [2.05, 4.69) is 30.4 Å². The van der Waals surface area contributed by atoms with Crippen molar-refractivity contribution in [3.05, 3.63) is 12.5 Å². The van der Waals surface area contributed by atoms with Gasteiger partial charge in [0, 0.05) is 19.1 Å². The van der Waals surface area contributed by atoms with Crippen molar-refractivity contribution >= 4 is 0 Å². The number of hydrogen-bond acceptors (Lipinski definition) is 5. The van der Waals surface area contributed by atoms with Gasteiger partial charge in [-0.25, -0.2) is 4.68 Å². The predicted octanol–water partition coefficient (Wildman–Crippen LogP) is 1.19. The van der Waals surface area contributed by atoms with E-state index in [4.69, 9.17) is 0 Å². The lowest BCUT2D eigenvalue weighted by atomic mass is 9.95. The first-order chi connectivity index (χ1) is 9.92. The largest absolute Gasteiger partial charge is 0.312 e. The van der Waals surface area contributed by atoms with Crippen molar-refractivity contribution in [2.75, 3.05) is 13.1 Å². The van der Waals surface area contributed by atoms with Gasteiger partial charge in [0.05, 0.1) is 12.2 Å². The third-order valence-electron chi connectivity index (χ3n) is 4.41. The van der Waals surface area contributed by atoms with Crippen LogP contribution in [0.3, 0.4) is 0 Å². The molecule has 4 rings (SSSR count). The van der Waals surface area contributed by atoms with Gasteiger partial charge < -0.3 is 9.88 Å². The van der Waals surface area contributed by atoms with Crippen molar-refractivity contribution in [3.63, 3.8) is 0 Å². The second-order valence-electron chi connectivity index (χ2n) is 5.75. The zero-order valence-electron chi connectivity index (χ0n) is 11.4. The Morgan fingerprint density at radius 1 is 1.05 bits per heavy atom. The Labute approximate surface area is 117 Å². The molecule has 0 bridgehead atoms. The monoisotopic (exact) mass is 273 g/mol. The summed E-state index contributed by atoms with van der Waals surface area (Å²) >= 11 is 0. The molecule has 0 atom stereocenters. The summed E-state index contributed by atoms with van der Waals surface area (Å²) < 4.78 is 4.12. The fraction of sp³-hybridized carbons (Fsp3) is 0.692. The van der Waals surface area contributed by atoms with Gasteiger partial charge in [-0.15, -0.1) is 15.3 Å². The van der Waals surface area contributed by atoms with Gasteiger partial charge in [0.15, 0.2) is 11.5 Å². The lowest BCUT2D eigenvalue weighted by molar-refractivity contribution is 0.313. The van der Waals surface area contributed by atoms with Crippen LogP contribution < -0.4 is 5.32 Å². The van der Waals surface area contributed by atoms with E-state index in [0.717, 1.165) is 24.6 Å². The summed E-state index contributed by atoms with van der Waals surface area (Å²) in [6.45, 7) is 1.94. The van der Waals surface area contributed by atoms with E-state index < -0.39 is 0 Å². The van der Waals surface area contributed by atoms with Crippen molar-refractivity contribution in [1.82, 2.24) is 35.1 Å². The van der Waals surface area contributed by atoms with Crippen LogP contribution >= 0.6 is 0 Å². The van der Waals surface area contributed by atoms with Crippen molar-refractivity contribution in [2.24, 2.45) is 0 Å². The van der Waals surface area contributed by atoms with Crippen LogP contribution in [0.5, 0.6) is 0 Å². The van der Waals surface area contributed by atoms with E-state index in [9.17, 15) is 0 Å².